The van der Waals surface area contributed by atoms with Crippen LogP contribution < -0.4 is 4.90 Å². The molecule has 0 fully saturated rings. The highest BCUT2D eigenvalue weighted by Gasteiger charge is 2.20. The van der Waals surface area contributed by atoms with E-state index in [2.05, 4.69) is 138 Å². The predicted molar refractivity (Wildman–Crippen MR) is 202 cm³/mol. The van der Waals surface area contributed by atoms with Gasteiger partial charge in [0.05, 0.1) is 0 Å². The van der Waals surface area contributed by atoms with E-state index in [0.717, 1.165) is 72.0 Å². The zero-order chi connectivity index (χ0) is 32.3. The first-order valence-electron chi connectivity index (χ1n) is 16.5. The average Bonchev–Trinajstić information content (AvgIpc) is 3.77. The van der Waals surface area contributed by atoms with Gasteiger partial charge in [0.15, 0.2) is 5.58 Å². The van der Waals surface area contributed by atoms with Gasteiger partial charge in [-0.1, -0.05) is 103 Å². The van der Waals surface area contributed by atoms with Crippen molar-refractivity contribution in [3.8, 4) is 22.6 Å². The van der Waals surface area contributed by atoms with Crippen LogP contribution in [0, 0.1) is 0 Å². The smallest absolute Gasteiger partial charge is 0.228 e. The Hall–Kier alpha value is -6.65. The molecule has 0 spiro atoms. The molecule has 0 saturated heterocycles. The van der Waals surface area contributed by atoms with Gasteiger partial charge in [0.25, 0.3) is 0 Å². The summed E-state index contributed by atoms with van der Waals surface area (Å²) in [5.41, 5.74) is 9.60. The van der Waals surface area contributed by atoms with Gasteiger partial charge in [-0.15, -0.1) is 0 Å². The van der Waals surface area contributed by atoms with Crippen molar-refractivity contribution in [3.05, 3.63) is 170 Å². The number of hydrogen-bond acceptors (Lipinski definition) is 4. The van der Waals surface area contributed by atoms with E-state index in [9.17, 15) is 0 Å². The van der Waals surface area contributed by atoms with Crippen LogP contribution in [0.1, 0.15) is 0 Å². The van der Waals surface area contributed by atoms with Gasteiger partial charge < -0.3 is 13.7 Å². The van der Waals surface area contributed by atoms with Crippen molar-refractivity contribution in [1.29, 1.82) is 0 Å². The first kappa shape index (κ1) is 27.5. The molecule has 0 saturated carbocycles. The minimum Gasteiger partial charge on any atom is -0.456 e. The zero-order valence-electron chi connectivity index (χ0n) is 26.4. The number of benzene rings is 8. The molecule has 0 bridgehead atoms. The number of rotatable bonds is 5. The molecular formula is C45H28N2O2. The summed E-state index contributed by atoms with van der Waals surface area (Å²) < 4.78 is 12.9. The highest BCUT2D eigenvalue weighted by molar-refractivity contribution is 6.13. The second-order valence-electron chi connectivity index (χ2n) is 12.4. The average molecular weight is 629 g/mol. The molecule has 8 aromatic carbocycles. The summed E-state index contributed by atoms with van der Waals surface area (Å²) in [6.45, 7) is 0. The van der Waals surface area contributed by atoms with Gasteiger partial charge in [0.2, 0.25) is 5.89 Å². The molecule has 0 amide bonds. The maximum absolute atomic E-state index is 6.56. The van der Waals surface area contributed by atoms with Crippen LogP contribution in [0.4, 0.5) is 17.1 Å². The van der Waals surface area contributed by atoms with Crippen LogP contribution in [-0.2, 0) is 0 Å². The molecule has 0 aliphatic heterocycles. The minimum absolute atomic E-state index is 0.583. The van der Waals surface area contributed by atoms with E-state index in [1.807, 2.05) is 36.4 Å². The minimum atomic E-state index is 0.583. The van der Waals surface area contributed by atoms with Gasteiger partial charge in [0.1, 0.15) is 16.7 Å². The van der Waals surface area contributed by atoms with Crippen LogP contribution in [0.25, 0.3) is 77.2 Å². The molecule has 0 atom stereocenters. The molecule has 0 aliphatic rings. The first-order chi connectivity index (χ1) is 24.3. The van der Waals surface area contributed by atoms with Gasteiger partial charge in [-0.05, 0) is 87.9 Å². The van der Waals surface area contributed by atoms with Crippen LogP contribution in [0.5, 0.6) is 0 Å². The molecule has 2 heterocycles. The van der Waals surface area contributed by atoms with E-state index >= 15 is 0 Å². The Kier molecular flexibility index (Phi) is 6.15. The zero-order valence-corrected chi connectivity index (χ0v) is 26.4. The highest BCUT2D eigenvalue weighted by atomic mass is 16.3. The molecule has 10 aromatic rings. The lowest BCUT2D eigenvalue weighted by molar-refractivity contribution is 0.620. The largest absolute Gasteiger partial charge is 0.456 e. The highest BCUT2D eigenvalue weighted by Crippen LogP contribution is 2.42. The Labute approximate surface area is 282 Å². The van der Waals surface area contributed by atoms with Crippen molar-refractivity contribution < 1.29 is 8.83 Å². The monoisotopic (exact) mass is 628 g/mol. The number of anilines is 3. The van der Waals surface area contributed by atoms with Crippen molar-refractivity contribution in [2.75, 3.05) is 4.90 Å². The lowest BCUT2D eigenvalue weighted by atomic mass is 10.0. The third-order valence-electron chi connectivity index (χ3n) is 9.45. The number of oxazole rings is 1. The predicted octanol–water partition coefficient (Wildman–Crippen LogP) is 12.8. The van der Waals surface area contributed by atoms with Gasteiger partial charge in [-0.2, -0.15) is 0 Å². The van der Waals surface area contributed by atoms with E-state index in [1.165, 1.54) is 16.3 Å². The fraction of sp³-hybridized carbons (Fsp3) is 0. The van der Waals surface area contributed by atoms with Crippen molar-refractivity contribution in [2.24, 2.45) is 0 Å². The Bertz CT molecular complexity index is 2850. The molecule has 0 unspecified atom stereocenters. The Morgan fingerprint density at radius 2 is 1.14 bits per heavy atom. The van der Waals surface area contributed by atoms with E-state index in [0.29, 0.717) is 5.89 Å². The van der Waals surface area contributed by atoms with Crippen LogP contribution in [0.2, 0.25) is 0 Å². The van der Waals surface area contributed by atoms with E-state index in [-0.39, 0.29) is 0 Å². The SMILES string of the molecule is c1ccc(N(c2cccc(-c3ccc4ccccc4c3)c2)c2ccc3c(c2)oc2cccc(-c4nc5c(ccc6ccccc65)o4)c23)cc1. The van der Waals surface area contributed by atoms with E-state index in [4.69, 9.17) is 13.8 Å². The normalized spacial score (nSPS) is 11.7. The number of aromatic nitrogens is 1. The van der Waals surface area contributed by atoms with E-state index in [1.54, 1.807) is 0 Å². The number of nitrogens with zero attached hydrogens (tertiary/aromatic N) is 2. The maximum Gasteiger partial charge on any atom is 0.228 e. The van der Waals surface area contributed by atoms with Crippen LogP contribution in [-0.4, -0.2) is 4.98 Å². The number of hydrogen-bond donors (Lipinski definition) is 0. The van der Waals surface area contributed by atoms with Gasteiger partial charge in [-0.25, -0.2) is 4.98 Å². The fourth-order valence-electron chi connectivity index (χ4n) is 7.13. The number of fused-ring (bicyclic) bond motifs is 7. The molecule has 4 nitrogen and oxygen atoms in total. The maximum atomic E-state index is 6.56. The number of para-hydroxylation sites is 1. The molecule has 2 aromatic heterocycles. The summed E-state index contributed by atoms with van der Waals surface area (Å²) in [5, 5.41) is 6.69. The molecule has 10 rings (SSSR count). The molecule has 0 radical (unpaired) electrons. The van der Waals surface area contributed by atoms with Crippen molar-refractivity contribution in [2.45, 2.75) is 0 Å². The topological polar surface area (TPSA) is 42.4 Å². The Morgan fingerprint density at radius 3 is 2.06 bits per heavy atom. The summed E-state index contributed by atoms with van der Waals surface area (Å²) in [6, 6.07) is 59.2. The third-order valence-corrected chi connectivity index (χ3v) is 9.45. The summed E-state index contributed by atoms with van der Waals surface area (Å²) in [4.78, 5) is 7.29. The summed E-state index contributed by atoms with van der Waals surface area (Å²) in [7, 11) is 0. The van der Waals surface area contributed by atoms with E-state index < -0.39 is 0 Å². The molecule has 0 aliphatic carbocycles. The van der Waals surface area contributed by atoms with Crippen LogP contribution in [0.3, 0.4) is 0 Å². The summed E-state index contributed by atoms with van der Waals surface area (Å²) >= 11 is 0. The molecule has 0 N–H and O–H groups in total. The fourth-order valence-corrected chi connectivity index (χ4v) is 7.13. The second-order valence-corrected chi connectivity index (χ2v) is 12.4. The Balaban J connectivity index is 1.11. The van der Waals surface area contributed by atoms with Gasteiger partial charge >= 0.3 is 0 Å². The summed E-state index contributed by atoms with van der Waals surface area (Å²) in [5.74, 6) is 0.583. The van der Waals surface area contributed by atoms with Crippen LogP contribution in [0.15, 0.2) is 179 Å². The summed E-state index contributed by atoms with van der Waals surface area (Å²) in [6.07, 6.45) is 0. The van der Waals surface area contributed by atoms with Gasteiger partial charge in [0, 0.05) is 44.9 Å². The van der Waals surface area contributed by atoms with Gasteiger partial charge in [-0.3, -0.25) is 0 Å². The van der Waals surface area contributed by atoms with Crippen molar-refractivity contribution in [3.63, 3.8) is 0 Å². The molecule has 230 valence electrons. The van der Waals surface area contributed by atoms with Crippen molar-refractivity contribution >= 4 is 71.6 Å². The molecule has 4 heteroatoms. The van der Waals surface area contributed by atoms with Crippen LogP contribution >= 0.6 is 0 Å². The lowest BCUT2D eigenvalue weighted by Crippen LogP contribution is -2.09. The standard InChI is InChI=1S/C45H28N2O2/c1-2-14-34(15-3-1)47(35-16-8-13-32(27-35)33-21-20-29-10-4-5-12-31(29)26-33)36-23-24-38-42(28-36)48-40-19-9-18-39(43(38)40)45-46-44-37-17-7-6-11-30(37)22-25-41(44)49-45/h1-28H. The lowest BCUT2D eigenvalue weighted by Gasteiger charge is -2.26. The second kappa shape index (κ2) is 11.0. The van der Waals surface area contributed by atoms with Crippen molar-refractivity contribution in [1.82, 2.24) is 4.98 Å². The number of furan rings is 1. The Morgan fingerprint density at radius 1 is 0.408 bits per heavy atom. The molecular weight excluding hydrogens is 601 g/mol. The third kappa shape index (κ3) is 4.57. The molecule has 49 heavy (non-hydrogen) atoms. The first-order valence-corrected chi connectivity index (χ1v) is 16.5. The quantitative estimate of drug-likeness (QED) is 0.190.